The number of halogens is 1. The standard InChI is InChI=1S/C13H19FN2OS/c1-3-17-8-4-7-15-13(18)16-12-6-5-11(14)9-10(12)2/h5-6,9H,3-4,7-8H2,1-2H3,(H2,15,16,18). The highest BCUT2D eigenvalue weighted by Crippen LogP contribution is 2.15. The average Bonchev–Trinajstić information content (AvgIpc) is 2.32. The quantitative estimate of drug-likeness (QED) is 0.615. The monoisotopic (exact) mass is 270 g/mol. The number of anilines is 1. The van der Waals surface area contributed by atoms with Gasteiger partial charge in [-0.2, -0.15) is 0 Å². The molecule has 0 saturated carbocycles. The summed E-state index contributed by atoms with van der Waals surface area (Å²) in [5, 5.41) is 6.66. The highest BCUT2D eigenvalue weighted by molar-refractivity contribution is 7.80. The van der Waals surface area contributed by atoms with Gasteiger partial charge in [0.25, 0.3) is 0 Å². The van der Waals surface area contributed by atoms with E-state index in [1.165, 1.54) is 12.1 Å². The largest absolute Gasteiger partial charge is 0.382 e. The predicted octanol–water partition coefficient (Wildman–Crippen LogP) is 2.85. The lowest BCUT2D eigenvalue weighted by Gasteiger charge is -2.12. The Labute approximate surface area is 113 Å². The molecule has 0 atom stereocenters. The summed E-state index contributed by atoms with van der Waals surface area (Å²) in [6.07, 6.45) is 0.901. The molecule has 3 nitrogen and oxygen atoms in total. The Bertz CT molecular complexity index is 399. The number of thiocarbonyl (C=S) groups is 1. The van der Waals surface area contributed by atoms with Crippen molar-refractivity contribution in [2.24, 2.45) is 0 Å². The summed E-state index contributed by atoms with van der Waals surface area (Å²) < 4.78 is 18.1. The SMILES string of the molecule is CCOCCCNC(=S)Nc1ccc(F)cc1C. The molecular weight excluding hydrogens is 251 g/mol. The van der Waals surface area contributed by atoms with E-state index in [0.29, 0.717) is 5.11 Å². The number of hydrogen-bond acceptors (Lipinski definition) is 2. The number of hydrogen-bond donors (Lipinski definition) is 2. The first kappa shape index (κ1) is 14.9. The molecule has 5 heteroatoms. The molecule has 0 saturated heterocycles. The van der Waals surface area contributed by atoms with Crippen LogP contribution < -0.4 is 10.6 Å². The third-order valence-electron chi connectivity index (χ3n) is 2.39. The molecule has 18 heavy (non-hydrogen) atoms. The third-order valence-corrected chi connectivity index (χ3v) is 2.64. The number of aryl methyl sites for hydroxylation is 1. The second-order valence-electron chi connectivity index (χ2n) is 3.89. The van der Waals surface area contributed by atoms with E-state index in [4.69, 9.17) is 17.0 Å². The summed E-state index contributed by atoms with van der Waals surface area (Å²) >= 11 is 5.15. The van der Waals surface area contributed by atoms with Gasteiger partial charge in [-0.25, -0.2) is 4.39 Å². The summed E-state index contributed by atoms with van der Waals surface area (Å²) in [5.41, 5.74) is 1.65. The fourth-order valence-corrected chi connectivity index (χ4v) is 1.67. The van der Waals surface area contributed by atoms with Crippen LogP contribution in [0.1, 0.15) is 18.9 Å². The van der Waals surface area contributed by atoms with Crippen molar-refractivity contribution in [3.05, 3.63) is 29.6 Å². The number of benzene rings is 1. The molecule has 100 valence electrons. The van der Waals surface area contributed by atoms with Gasteiger partial charge in [0.05, 0.1) is 0 Å². The van der Waals surface area contributed by atoms with Gasteiger partial charge in [-0.05, 0) is 56.2 Å². The van der Waals surface area contributed by atoms with Gasteiger partial charge >= 0.3 is 0 Å². The van der Waals surface area contributed by atoms with Crippen LogP contribution in [0.15, 0.2) is 18.2 Å². The normalized spacial score (nSPS) is 10.2. The van der Waals surface area contributed by atoms with Crippen LogP contribution in [-0.2, 0) is 4.74 Å². The molecule has 0 aromatic heterocycles. The van der Waals surface area contributed by atoms with Gasteiger partial charge in [0.15, 0.2) is 5.11 Å². The highest BCUT2D eigenvalue weighted by atomic mass is 32.1. The zero-order chi connectivity index (χ0) is 13.4. The lowest BCUT2D eigenvalue weighted by Crippen LogP contribution is -2.30. The van der Waals surface area contributed by atoms with Crippen molar-refractivity contribution in [3.8, 4) is 0 Å². The predicted molar refractivity (Wildman–Crippen MR) is 76.5 cm³/mol. The van der Waals surface area contributed by atoms with E-state index in [9.17, 15) is 4.39 Å². The maximum absolute atomic E-state index is 12.9. The van der Waals surface area contributed by atoms with E-state index in [0.717, 1.165) is 37.4 Å². The van der Waals surface area contributed by atoms with Gasteiger partial charge in [0.1, 0.15) is 5.82 Å². The third kappa shape index (κ3) is 5.42. The lowest BCUT2D eigenvalue weighted by molar-refractivity contribution is 0.146. The van der Waals surface area contributed by atoms with E-state index < -0.39 is 0 Å². The van der Waals surface area contributed by atoms with Crippen molar-refractivity contribution in [1.29, 1.82) is 0 Å². The fourth-order valence-electron chi connectivity index (χ4n) is 1.45. The second kappa shape index (κ2) is 8.00. The lowest BCUT2D eigenvalue weighted by atomic mass is 10.2. The minimum absolute atomic E-state index is 0.242. The van der Waals surface area contributed by atoms with Crippen LogP contribution in [0.3, 0.4) is 0 Å². The zero-order valence-corrected chi connectivity index (χ0v) is 11.6. The van der Waals surface area contributed by atoms with E-state index in [2.05, 4.69) is 10.6 Å². The van der Waals surface area contributed by atoms with Crippen LogP contribution in [0.25, 0.3) is 0 Å². The van der Waals surface area contributed by atoms with Crippen LogP contribution in [-0.4, -0.2) is 24.9 Å². The van der Waals surface area contributed by atoms with Crippen LogP contribution in [0.2, 0.25) is 0 Å². The van der Waals surface area contributed by atoms with Crippen LogP contribution in [0.5, 0.6) is 0 Å². The van der Waals surface area contributed by atoms with Crippen molar-refractivity contribution < 1.29 is 9.13 Å². The molecule has 0 spiro atoms. The Hall–Kier alpha value is -1.20. The Morgan fingerprint density at radius 1 is 1.44 bits per heavy atom. The van der Waals surface area contributed by atoms with Crippen LogP contribution in [0, 0.1) is 12.7 Å². The van der Waals surface area contributed by atoms with Gasteiger partial charge in [-0.3, -0.25) is 0 Å². The van der Waals surface area contributed by atoms with E-state index in [-0.39, 0.29) is 5.82 Å². The first-order chi connectivity index (χ1) is 8.63. The number of nitrogens with one attached hydrogen (secondary N) is 2. The molecule has 0 fully saturated rings. The molecular formula is C13H19FN2OS. The first-order valence-corrected chi connectivity index (χ1v) is 6.43. The van der Waals surface area contributed by atoms with Crippen molar-refractivity contribution in [2.45, 2.75) is 20.3 Å². The van der Waals surface area contributed by atoms with Gasteiger partial charge in [-0.1, -0.05) is 0 Å². The van der Waals surface area contributed by atoms with Gasteiger partial charge in [-0.15, -0.1) is 0 Å². The smallest absolute Gasteiger partial charge is 0.170 e. The molecule has 0 unspecified atom stereocenters. The minimum atomic E-state index is -0.242. The Kier molecular flexibility index (Phi) is 6.60. The number of ether oxygens (including phenoxy) is 1. The van der Waals surface area contributed by atoms with Crippen LogP contribution >= 0.6 is 12.2 Å². The molecule has 0 aliphatic rings. The summed E-state index contributed by atoms with van der Waals surface area (Å²) in [6.45, 7) is 6.02. The topological polar surface area (TPSA) is 33.3 Å². The minimum Gasteiger partial charge on any atom is -0.382 e. The van der Waals surface area contributed by atoms with Crippen molar-refractivity contribution in [2.75, 3.05) is 25.1 Å². The Morgan fingerprint density at radius 3 is 2.89 bits per heavy atom. The molecule has 0 amide bonds. The molecule has 1 aromatic rings. The molecule has 1 rings (SSSR count). The molecule has 0 radical (unpaired) electrons. The van der Waals surface area contributed by atoms with Crippen molar-refractivity contribution in [3.63, 3.8) is 0 Å². The summed E-state index contributed by atoms with van der Waals surface area (Å²) in [4.78, 5) is 0. The Balaban J connectivity index is 2.31. The molecule has 0 heterocycles. The van der Waals surface area contributed by atoms with Crippen LogP contribution in [0.4, 0.5) is 10.1 Å². The van der Waals surface area contributed by atoms with Gasteiger partial charge < -0.3 is 15.4 Å². The maximum atomic E-state index is 12.9. The van der Waals surface area contributed by atoms with Crippen molar-refractivity contribution in [1.82, 2.24) is 5.32 Å². The fraction of sp³-hybridized carbons (Fsp3) is 0.462. The van der Waals surface area contributed by atoms with E-state index in [1.807, 2.05) is 13.8 Å². The van der Waals surface area contributed by atoms with Crippen molar-refractivity contribution >= 4 is 23.0 Å². The first-order valence-electron chi connectivity index (χ1n) is 6.02. The van der Waals surface area contributed by atoms with Gasteiger partial charge in [0, 0.05) is 25.4 Å². The molecule has 1 aromatic carbocycles. The summed E-state index contributed by atoms with van der Waals surface area (Å²) in [6, 6.07) is 4.56. The van der Waals surface area contributed by atoms with Gasteiger partial charge in [0.2, 0.25) is 0 Å². The molecule has 0 aliphatic carbocycles. The zero-order valence-electron chi connectivity index (χ0n) is 10.8. The van der Waals surface area contributed by atoms with E-state index in [1.54, 1.807) is 6.07 Å². The highest BCUT2D eigenvalue weighted by Gasteiger charge is 2.01. The second-order valence-corrected chi connectivity index (χ2v) is 4.30. The molecule has 0 bridgehead atoms. The molecule has 2 N–H and O–H groups in total. The molecule has 0 aliphatic heterocycles. The summed E-state index contributed by atoms with van der Waals surface area (Å²) in [7, 11) is 0. The maximum Gasteiger partial charge on any atom is 0.170 e. The Morgan fingerprint density at radius 2 is 2.22 bits per heavy atom. The van der Waals surface area contributed by atoms with E-state index >= 15 is 0 Å². The number of rotatable bonds is 6. The average molecular weight is 270 g/mol. The summed E-state index contributed by atoms with van der Waals surface area (Å²) in [5.74, 6) is -0.242.